The number of amides is 2. The number of aryl methyl sites for hydroxylation is 1. The lowest BCUT2D eigenvalue weighted by molar-refractivity contribution is -0.121. The second-order valence-electron chi connectivity index (χ2n) is 5.67. The van der Waals surface area contributed by atoms with Crippen molar-refractivity contribution in [1.82, 2.24) is 24.8 Å². The molecule has 4 aromatic rings. The summed E-state index contributed by atoms with van der Waals surface area (Å²) < 4.78 is 3.74. The van der Waals surface area contributed by atoms with Gasteiger partial charge in [0.25, 0.3) is 5.91 Å². The number of para-hydroxylation sites is 1. The van der Waals surface area contributed by atoms with Crippen LogP contribution in [0.15, 0.2) is 48.2 Å². The van der Waals surface area contributed by atoms with Crippen LogP contribution in [-0.2, 0) is 18.3 Å². The van der Waals surface area contributed by atoms with Crippen LogP contribution in [0.3, 0.4) is 0 Å². The summed E-state index contributed by atoms with van der Waals surface area (Å²) in [6.45, 7) is 0. The number of carbonyl (C=O) groups is 2. The fraction of sp³-hybridized carbons (Fsp3) is 0.118. The molecule has 4 rings (SSSR count). The maximum absolute atomic E-state index is 12.4. The van der Waals surface area contributed by atoms with Crippen molar-refractivity contribution in [2.24, 2.45) is 7.05 Å². The molecular formula is C17H15N5O2S. The molecular weight excluding hydrogens is 338 g/mol. The van der Waals surface area contributed by atoms with Crippen LogP contribution in [0, 0.1) is 0 Å². The van der Waals surface area contributed by atoms with Crippen LogP contribution in [0.2, 0.25) is 0 Å². The van der Waals surface area contributed by atoms with Crippen LogP contribution in [-0.4, -0.2) is 25.8 Å². The van der Waals surface area contributed by atoms with Gasteiger partial charge in [-0.2, -0.15) is 0 Å². The maximum Gasteiger partial charge on any atom is 0.271 e. The van der Waals surface area contributed by atoms with Gasteiger partial charge in [0.1, 0.15) is 0 Å². The van der Waals surface area contributed by atoms with Crippen LogP contribution in [0.5, 0.6) is 0 Å². The molecule has 0 radical (unpaired) electrons. The van der Waals surface area contributed by atoms with E-state index in [2.05, 4.69) is 15.8 Å². The molecule has 0 spiro atoms. The molecule has 2 amide bonds. The molecule has 0 aliphatic carbocycles. The van der Waals surface area contributed by atoms with Gasteiger partial charge in [-0.3, -0.25) is 24.8 Å². The largest absolute Gasteiger partial charge is 0.350 e. The molecule has 0 aliphatic heterocycles. The summed E-state index contributed by atoms with van der Waals surface area (Å²) in [7, 11) is 1.88. The monoisotopic (exact) mass is 353 g/mol. The maximum atomic E-state index is 12.4. The van der Waals surface area contributed by atoms with Crippen molar-refractivity contribution in [2.45, 2.75) is 6.42 Å². The molecule has 0 saturated carbocycles. The minimum absolute atomic E-state index is 0.101. The van der Waals surface area contributed by atoms with Crippen LogP contribution < -0.4 is 10.9 Å². The molecule has 0 fully saturated rings. The number of fused-ring (bicyclic) bond motifs is 2. The molecule has 0 aliphatic rings. The van der Waals surface area contributed by atoms with E-state index in [0.29, 0.717) is 11.3 Å². The Bertz CT molecular complexity index is 1060. The van der Waals surface area contributed by atoms with Gasteiger partial charge in [-0.1, -0.05) is 18.2 Å². The Morgan fingerprint density at radius 3 is 2.88 bits per heavy atom. The average Bonchev–Trinajstić information content (AvgIpc) is 3.27. The zero-order chi connectivity index (χ0) is 17.4. The summed E-state index contributed by atoms with van der Waals surface area (Å²) in [5.41, 5.74) is 7.04. The number of thiazole rings is 1. The summed E-state index contributed by atoms with van der Waals surface area (Å²) in [5, 5.41) is 2.77. The van der Waals surface area contributed by atoms with Crippen molar-refractivity contribution in [3.05, 3.63) is 59.5 Å². The second kappa shape index (κ2) is 6.06. The smallest absolute Gasteiger partial charge is 0.271 e. The highest BCUT2D eigenvalue weighted by Crippen LogP contribution is 2.19. The minimum Gasteiger partial charge on any atom is -0.350 e. The van der Waals surface area contributed by atoms with Crippen LogP contribution in [0.4, 0.5) is 0 Å². The predicted molar refractivity (Wildman–Crippen MR) is 95.3 cm³/mol. The van der Waals surface area contributed by atoms with Crippen LogP contribution >= 0.6 is 11.3 Å². The Morgan fingerprint density at radius 2 is 2.04 bits per heavy atom. The third-order valence-corrected chi connectivity index (χ3v) is 4.71. The van der Waals surface area contributed by atoms with E-state index in [1.54, 1.807) is 12.4 Å². The normalized spacial score (nSPS) is 11.1. The van der Waals surface area contributed by atoms with Crippen LogP contribution in [0.1, 0.15) is 16.1 Å². The highest BCUT2D eigenvalue weighted by atomic mass is 32.1. The zero-order valence-corrected chi connectivity index (χ0v) is 14.2. The standard InChI is InChI=1S/C17H15N5O2S/c1-21-10-13(12-4-2-3-5-14(12)21)16(24)20-19-15(23)8-11-9-22-6-7-25-17(22)18-11/h2-7,9-10H,8H2,1H3,(H,19,23)(H,20,24). The van der Waals surface area contributed by atoms with E-state index in [9.17, 15) is 9.59 Å². The average molecular weight is 353 g/mol. The number of carbonyl (C=O) groups excluding carboxylic acids is 2. The summed E-state index contributed by atoms with van der Waals surface area (Å²) in [6, 6.07) is 7.61. The van der Waals surface area contributed by atoms with Crippen molar-refractivity contribution in [1.29, 1.82) is 0 Å². The number of hydrogen-bond acceptors (Lipinski definition) is 4. The summed E-state index contributed by atoms with van der Waals surface area (Å²) in [5.74, 6) is -0.671. The summed E-state index contributed by atoms with van der Waals surface area (Å²) >= 11 is 1.50. The van der Waals surface area contributed by atoms with E-state index >= 15 is 0 Å². The molecule has 0 bridgehead atoms. The van der Waals surface area contributed by atoms with Crippen molar-refractivity contribution in [3.63, 3.8) is 0 Å². The van der Waals surface area contributed by atoms with Gasteiger partial charge < -0.3 is 4.57 Å². The SMILES string of the molecule is Cn1cc(C(=O)NNC(=O)Cc2cn3ccsc3n2)c2ccccc21. The second-order valence-corrected chi connectivity index (χ2v) is 6.55. The van der Waals surface area contributed by atoms with Crippen LogP contribution in [0.25, 0.3) is 15.9 Å². The van der Waals surface area contributed by atoms with Gasteiger partial charge in [-0.15, -0.1) is 11.3 Å². The lowest BCUT2D eigenvalue weighted by atomic mass is 10.2. The number of rotatable bonds is 3. The van der Waals surface area contributed by atoms with E-state index in [-0.39, 0.29) is 18.2 Å². The third-order valence-electron chi connectivity index (χ3n) is 3.94. The van der Waals surface area contributed by atoms with E-state index in [0.717, 1.165) is 15.9 Å². The van der Waals surface area contributed by atoms with Gasteiger partial charge in [-0.05, 0) is 6.07 Å². The van der Waals surface area contributed by atoms with Gasteiger partial charge >= 0.3 is 0 Å². The fourth-order valence-corrected chi connectivity index (χ4v) is 3.51. The highest BCUT2D eigenvalue weighted by molar-refractivity contribution is 7.15. The minimum atomic E-state index is -0.351. The van der Waals surface area contributed by atoms with Crippen molar-refractivity contribution in [3.8, 4) is 0 Å². The van der Waals surface area contributed by atoms with Gasteiger partial charge in [0.05, 0.1) is 17.7 Å². The molecule has 7 nitrogen and oxygen atoms in total. The van der Waals surface area contributed by atoms with E-state index in [1.165, 1.54) is 11.3 Å². The Morgan fingerprint density at radius 1 is 1.20 bits per heavy atom. The highest BCUT2D eigenvalue weighted by Gasteiger charge is 2.15. The first-order chi connectivity index (χ1) is 12.1. The Hall–Kier alpha value is -3.13. The molecule has 0 atom stereocenters. The van der Waals surface area contributed by atoms with Crippen molar-refractivity contribution >= 4 is 39.0 Å². The number of nitrogens with one attached hydrogen (secondary N) is 2. The predicted octanol–water partition coefficient (Wildman–Crippen LogP) is 1.89. The topological polar surface area (TPSA) is 80.4 Å². The molecule has 3 heterocycles. The molecule has 0 unspecified atom stereocenters. The number of imidazole rings is 1. The third kappa shape index (κ3) is 2.87. The molecule has 3 aromatic heterocycles. The van der Waals surface area contributed by atoms with Gasteiger partial charge in [0, 0.05) is 41.9 Å². The van der Waals surface area contributed by atoms with E-state index in [4.69, 9.17) is 0 Å². The Balaban J connectivity index is 1.42. The zero-order valence-electron chi connectivity index (χ0n) is 13.4. The Kier molecular flexibility index (Phi) is 3.73. The summed E-state index contributed by atoms with van der Waals surface area (Å²) in [6.07, 6.45) is 5.54. The lowest BCUT2D eigenvalue weighted by Gasteiger charge is -2.05. The number of hydrazine groups is 1. The van der Waals surface area contributed by atoms with E-state index < -0.39 is 0 Å². The fourth-order valence-electron chi connectivity index (χ4n) is 2.79. The molecule has 126 valence electrons. The Labute approximate surface area is 146 Å². The number of aromatic nitrogens is 3. The van der Waals surface area contributed by atoms with Crippen molar-refractivity contribution < 1.29 is 9.59 Å². The quantitative estimate of drug-likeness (QED) is 0.552. The first-order valence-electron chi connectivity index (χ1n) is 7.66. The number of nitrogens with zero attached hydrogens (tertiary/aromatic N) is 3. The molecule has 2 N–H and O–H groups in total. The first kappa shape index (κ1) is 15.4. The number of benzene rings is 1. The molecule has 25 heavy (non-hydrogen) atoms. The molecule has 0 saturated heterocycles. The van der Waals surface area contributed by atoms with E-state index in [1.807, 2.05) is 51.9 Å². The van der Waals surface area contributed by atoms with Crippen molar-refractivity contribution in [2.75, 3.05) is 0 Å². The van der Waals surface area contributed by atoms with Gasteiger partial charge in [0.2, 0.25) is 5.91 Å². The molecule has 8 heteroatoms. The van der Waals surface area contributed by atoms with Gasteiger partial charge in [0.15, 0.2) is 4.96 Å². The van der Waals surface area contributed by atoms with Gasteiger partial charge in [-0.25, -0.2) is 4.98 Å². The first-order valence-corrected chi connectivity index (χ1v) is 8.54. The lowest BCUT2D eigenvalue weighted by Crippen LogP contribution is -2.42. The summed E-state index contributed by atoms with van der Waals surface area (Å²) in [4.78, 5) is 29.6. The molecule has 1 aromatic carbocycles. The number of hydrogen-bond donors (Lipinski definition) is 2.